The summed E-state index contributed by atoms with van der Waals surface area (Å²) in [4.78, 5) is 0. The summed E-state index contributed by atoms with van der Waals surface area (Å²) in [6.45, 7) is 10.2. The molecular weight excluding hydrogens is 218 g/mol. The Morgan fingerprint density at radius 2 is 1.61 bits per heavy atom. The lowest BCUT2D eigenvalue weighted by Gasteiger charge is -2.34. The fourth-order valence-corrected chi connectivity index (χ4v) is 3.49. The molecule has 0 heterocycles. The first-order valence-electron chi connectivity index (χ1n) is 7.60. The van der Waals surface area contributed by atoms with Crippen molar-refractivity contribution < 1.29 is 0 Å². The average Bonchev–Trinajstić information content (AvgIpc) is 2.40. The zero-order valence-electron chi connectivity index (χ0n) is 12.3. The van der Waals surface area contributed by atoms with E-state index in [0.29, 0.717) is 6.04 Å². The first kappa shape index (κ1) is 13.6. The van der Waals surface area contributed by atoms with Crippen LogP contribution >= 0.6 is 0 Å². The summed E-state index contributed by atoms with van der Waals surface area (Å²) >= 11 is 0. The number of aryl methyl sites for hydroxylation is 2. The van der Waals surface area contributed by atoms with Crippen LogP contribution in [0.25, 0.3) is 0 Å². The molecule has 1 N–H and O–H groups in total. The van der Waals surface area contributed by atoms with Gasteiger partial charge in [0.25, 0.3) is 0 Å². The molecule has 0 radical (unpaired) electrons. The Hall–Kier alpha value is -0.820. The third kappa shape index (κ3) is 2.33. The Labute approximate surface area is 112 Å². The van der Waals surface area contributed by atoms with Gasteiger partial charge in [0.15, 0.2) is 0 Å². The molecule has 1 aliphatic carbocycles. The van der Waals surface area contributed by atoms with Crippen LogP contribution in [0.15, 0.2) is 12.1 Å². The molecule has 0 fully saturated rings. The van der Waals surface area contributed by atoms with Crippen molar-refractivity contribution >= 4 is 0 Å². The van der Waals surface area contributed by atoms with Crippen LogP contribution in [0.2, 0.25) is 0 Å². The lowest BCUT2D eigenvalue weighted by atomic mass is 9.75. The van der Waals surface area contributed by atoms with Crippen LogP contribution in [-0.4, -0.2) is 6.54 Å². The van der Waals surface area contributed by atoms with Crippen molar-refractivity contribution in [3.8, 4) is 0 Å². The van der Waals surface area contributed by atoms with Crippen molar-refractivity contribution in [2.75, 3.05) is 6.54 Å². The van der Waals surface area contributed by atoms with Gasteiger partial charge in [-0.05, 0) is 60.4 Å². The first-order chi connectivity index (χ1) is 8.72. The summed E-state index contributed by atoms with van der Waals surface area (Å²) in [5.41, 5.74) is 6.42. The van der Waals surface area contributed by atoms with Crippen LogP contribution in [0.4, 0.5) is 0 Å². The van der Waals surface area contributed by atoms with E-state index in [-0.39, 0.29) is 0 Å². The van der Waals surface area contributed by atoms with Crippen molar-refractivity contribution in [1.82, 2.24) is 5.32 Å². The quantitative estimate of drug-likeness (QED) is 0.831. The Morgan fingerprint density at radius 1 is 1.00 bits per heavy atom. The van der Waals surface area contributed by atoms with Crippen LogP contribution in [0.3, 0.4) is 0 Å². The van der Waals surface area contributed by atoms with E-state index in [1.165, 1.54) is 12.8 Å². The molecule has 0 aromatic heterocycles. The second-order valence-electron chi connectivity index (χ2n) is 5.51. The van der Waals surface area contributed by atoms with Crippen LogP contribution < -0.4 is 5.32 Å². The van der Waals surface area contributed by atoms with Crippen LogP contribution in [-0.2, 0) is 12.8 Å². The van der Waals surface area contributed by atoms with Gasteiger partial charge in [-0.3, -0.25) is 0 Å². The number of nitrogens with one attached hydrogen (secondary N) is 1. The zero-order chi connectivity index (χ0) is 13.1. The summed E-state index contributed by atoms with van der Waals surface area (Å²) in [5.74, 6) is 0.733. The van der Waals surface area contributed by atoms with Gasteiger partial charge in [0, 0.05) is 6.04 Å². The third-order valence-corrected chi connectivity index (χ3v) is 4.41. The Bertz CT molecular complexity index is 408. The topological polar surface area (TPSA) is 12.0 Å². The molecule has 0 aliphatic heterocycles. The fraction of sp³-hybridized carbons (Fsp3) is 0.647. The van der Waals surface area contributed by atoms with Crippen molar-refractivity contribution in [2.45, 2.75) is 65.3 Å². The normalized spacial score (nSPS) is 22.9. The van der Waals surface area contributed by atoms with Gasteiger partial charge < -0.3 is 5.32 Å². The molecule has 0 bridgehead atoms. The van der Waals surface area contributed by atoms with Gasteiger partial charge >= 0.3 is 0 Å². The molecule has 0 amide bonds. The molecule has 2 rings (SSSR count). The minimum atomic E-state index is 0.586. The van der Waals surface area contributed by atoms with Gasteiger partial charge in [-0.2, -0.15) is 0 Å². The molecule has 0 saturated heterocycles. The Morgan fingerprint density at radius 3 is 2.17 bits per heavy atom. The highest BCUT2D eigenvalue weighted by Gasteiger charge is 2.27. The van der Waals surface area contributed by atoms with E-state index in [2.05, 4.69) is 45.1 Å². The molecule has 1 aromatic rings. The number of fused-ring (bicyclic) bond motifs is 1. The maximum absolute atomic E-state index is 3.69. The minimum absolute atomic E-state index is 0.586. The SMILES string of the molecule is CCNC1CCC(C)c2c(CC)ccc(CC)c21. The number of hydrogen-bond acceptors (Lipinski definition) is 1. The van der Waals surface area contributed by atoms with Crippen molar-refractivity contribution in [2.24, 2.45) is 0 Å². The maximum atomic E-state index is 3.69. The smallest absolute Gasteiger partial charge is 0.0326 e. The maximum Gasteiger partial charge on any atom is 0.0326 e. The third-order valence-electron chi connectivity index (χ3n) is 4.41. The average molecular weight is 245 g/mol. The van der Waals surface area contributed by atoms with Gasteiger partial charge in [0.1, 0.15) is 0 Å². The molecule has 2 unspecified atom stereocenters. The molecule has 18 heavy (non-hydrogen) atoms. The minimum Gasteiger partial charge on any atom is -0.310 e. The molecule has 100 valence electrons. The van der Waals surface area contributed by atoms with Gasteiger partial charge in [-0.15, -0.1) is 0 Å². The second kappa shape index (κ2) is 5.88. The van der Waals surface area contributed by atoms with E-state index in [1.54, 1.807) is 22.3 Å². The monoisotopic (exact) mass is 245 g/mol. The summed E-state index contributed by atoms with van der Waals surface area (Å²) in [5, 5.41) is 3.69. The highest BCUT2D eigenvalue weighted by atomic mass is 14.9. The van der Waals surface area contributed by atoms with E-state index in [0.717, 1.165) is 25.3 Å². The molecular formula is C17H27N. The van der Waals surface area contributed by atoms with E-state index in [9.17, 15) is 0 Å². The number of rotatable bonds is 4. The van der Waals surface area contributed by atoms with Gasteiger partial charge in [0.05, 0.1) is 0 Å². The molecule has 1 heteroatoms. The summed E-state index contributed by atoms with van der Waals surface area (Å²) in [6, 6.07) is 5.31. The summed E-state index contributed by atoms with van der Waals surface area (Å²) in [7, 11) is 0. The van der Waals surface area contributed by atoms with Crippen molar-refractivity contribution in [3.05, 3.63) is 34.4 Å². The van der Waals surface area contributed by atoms with E-state index in [1.807, 2.05) is 0 Å². The van der Waals surface area contributed by atoms with Crippen molar-refractivity contribution in [1.29, 1.82) is 0 Å². The lowest BCUT2D eigenvalue weighted by molar-refractivity contribution is 0.436. The predicted octanol–water partition coefficient (Wildman–Crippen LogP) is 4.36. The zero-order valence-corrected chi connectivity index (χ0v) is 12.3. The highest BCUT2D eigenvalue weighted by Crippen LogP contribution is 2.41. The molecule has 0 saturated carbocycles. The van der Waals surface area contributed by atoms with Crippen LogP contribution in [0, 0.1) is 0 Å². The molecule has 2 atom stereocenters. The summed E-state index contributed by atoms with van der Waals surface area (Å²) in [6.07, 6.45) is 4.93. The highest BCUT2D eigenvalue weighted by molar-refractivity contribution is 5.46. The van der Waals surface area contributed by atoms with E-state index in [4.69, 9.17) is 0 Å². The lowest BCUT2D eigenvalue weighted by Crippen LogP contribution is -2.28. The number of hydrogen-bond donors (Lipinski definition) is 1. The molecule has 0 spiro atoms. The molecule has 1 nitrogen and oxygen atoms in total. The largest absolute Gasteiger partial charge is 0.310 e. The van der Waals surface area contributed by atoms with Gasteiger partial charge in [0.2, 0.25) is 0 Å². The molecule has 1 aliphatic rings. The number of benzene rings is 1. The second-order valence-corrected chi connectivity index (χ2v) is 5.51. The molecule has 1 aromatic carbocycles. The first-order valence-corrected chi connectivity index (χ1v) is 7.60. The van der Waals surface area contributed by atoms with E-state index >= 15 is 0 Å². The summed E-state index contributed by atoms with van der Waals surface area (Å²) < 4.78 is 0. The standard InChI is InChI=1S/C17H27N/c1-5-13-9-10-14(6-2)17-15(18-7-3)11-8-12(4)16(13)17/h9-10,12,15,18H,5-8,11H2,1-4H3. The fourth-order valence-electron chi connectivity index (χ4n) is 3.49. The van der Waals surface area contributed by atoms with Crippen LogP contribution in [0.5, 0.6) is 0 Å². The Balaban J connectivity index is 2.55. The predicted molar refractivity (Wildman–Crippen MR) is 79.3 cm³/mol. The van der Waals surface area contributed by atoms with Gasteiger partial charge in [-0.1, -0.05) is 39.8 Å². The van der Waals surface area contributed by atoms with E-state index < -0.39 is 0 Å². The van der Waals surface area contributed by atoms with Crippen LogP contribution in [0.1, 0.15) is 74.8 Å². The van der Waals surface area contributed by atoms with Crippen molar-refractivity contribution in [3.63, 3.8) is 0 Å². The van der Waals surface area contributed by atoms with Gasteiger partial charge in [-0.25, -0.2) is 0 Å². The Kier molecular flexibility index (Phi) is 4.45.